The minimum atomic E-state index is -0.598. The second-order valence-electron chi connectivity index (χ2n) is 8.42. The first-order valence-electron chi connectivity index (χ1n) is 9.30. The van der Waals surface area contributed by atoms with Gasteiger partial charge in [-0.25, -0.2) is 0 Å². The first-order chi connectivity index (χ1) is 11.8. The number of aliphatic hydroxyl groups excluding tert-OH is 1. The molecular weight excluding hydrogens is 318 g/mol. The Balaban J connectivity index is 1.49. The predicted molar refractivity (Wildman–Crippen MR) is 96.3 cm³/mol. The van der Waals surface area contributed by atoms with Crippen LogP contribution in [0.3, 0.4) is 0 Å². The summed E-state index contributed by atoms with van der Waals surface area (Å²) in [5.74, 6) is -0.184. The molecule has 0 amide bonds. The number of aliphatic hydroxyl groups is 1. The molecule has 2 aliphatic rings. The average molecular weight is 349 g/mol. The first-order valence-corrected chi connectivity index (χ1v) is 9.30. The van der Waals surface area contributed by atoms with Crippen LogP contribution in [0.2, 0.25) is 0 Å². The summed E-state index contributed by atoms with van der Waals surface area (Å²) in [6, 6.07) is 7.04. The van der Waals surface area contributed by atoms with Crippen molar-refractivity contribution in [3.8, 4) is 5.75 Å². The smallest absolute Gasteiger partial charge is 0.168 e. The summed E-state index contributed by atoms with van der Waals surface area (Å²) >= 11 is 0. The van der Waals surface area contributed by atoms with Crippen molar-refractivity contribution in [1.29, 1.82) is 0 Å². The third kappa shape index (κ3) is 4.53. The van der Waals surface area contributed by atoms with E-state index in [2.05, 4.69) is 19.2 Å². The van der Waals surface area contributed by atoms with Gasteiger partial charge in [0.1, 0.15) is 5.75 Å². The number of aromatic hydroxyl groups is 1. The lowest BCUT2D eigenvalue weighted by molar-refractivity contribution is -0.311. The maximum Gasteiger partial charge on any atom is 0.168 e. The Morgan fingerprint density at radius 1 is 1.08 bits per heavy atom. The number of rotatable bonds is 4. The largest absolute Gasteiger partial charge is 0.508 e. The van der Waals surface area contributed by atoms with Crippen molar-refractivity contribution < 1.29 is 19.7 Å². The van der Waals surface area contributed by atoms with Gasteiger partial charge in [-0.3, -0.25) is 0 Å². The van der Waals surface area contributed by atoms with Gasteiger partial charge in [0, 0.05) is 30.3 Å². The SMILES string of the molecule is CC(NC1CCC2(CC1)OCC(C)(C)CO2)C(O)c1ccc(O)cc1. The van der Waals surface area contributed by atoms with Gasteiger partial charge in [0.15, 0.2) is 5.79 Å². The highest BCUT2D eigenvalue weighted by molar-refractivity contribution is 5.27. The van der Waals surface area contributed by atoms with Crippen molar-refractivity contribution >= 4 is 0 Å². The van der Waals surface area contributed by atoms with Gasteiger partial charge in [-0.05, 0) is 37.5 Å². The van der Waals surface area contributed by atoms with E-state index in [9.17, 15) is 10.2 Å². The van der Waals surface area contributed by atoms with E-state index >= 15 is 0 Å². The molecule has 2 fully saturated rings. The average Bonchev–Trinajstić information content (AvgIpc) is 2.60. The molecule has 5 nitrogen and oxygen atoms in total. The molecule has 1 saturated carbocycles. The number of hydrogen-bond donors (Lipinski definition) is 3. The van der Waals surface area contributed by atoms with E-state index in [1.54, 1.807) is 24.3 Å². The van der Waals surface area contributed by atoms with Crippen molar-refractivity contribution in [1.82, 2.24) is 5.32 Å². The van der Waals surface area contributed by atoms with E-state index in [1.807, 2.05) is 6.92 Å². The van der Waals surface area contributed by atoms with E-state index in [4.69, 9.17) is 9.47 Å². The molecule has 1 aliphatic heterocycles. The lowest BCUT2D eigenvalue weighted by Gasteiger charge is -2.47. The second-order valence-corrected chi connectivity index (χ2v) is 8.42. The second kappa shape index (κ2) is 7.23. The quantitative estimate of drug-likeness (QED) is 0.779. The molecule has 1 aliphatic carbocycles. The van der Waals surface area contributed by atoms with Crippen LogP contribution in [0.25, 0.3) is 0 Å². The van der Waals surface area contributed by atoms with Gasteiger partial charge in [-0.2, -0.15) is 0 Å². The molecule has 3 rings (SSSR count). The van der Waals surface area contributed by atoms with Crippen LogP contribution in [0, 0.1) is 5.41 Å². The zero-order valence-corrected chi connectivity index (χ0v) is 15.5. The fourth-order valence-corrected chi connectivity index (χ4v) is 3.67. The third-order valence-electron chi connectivity index (χ3n) is 5.41. The Bertz CT molecular complexity index is 552. The Morgan fingerprint density at radius 3 is 2.20 bits per heavy atom. The fraction of sp³-hybridized carbons (Fsp3) is 0.700. The molecule has 0 aromatic heterocycles. The normalized spacial score (nSPS) is 25.6. The van der Waals surface area contributed by atoms with Crippen molar-refractivity contribution in [2.45, 2.75) is 70.4 Å². The maximum absolute atomic E-state index is 10.5. The van der Waals surface area contributed by atoms with Crippen molar-refractivity contribution in [2.24, 2.45) is 5.41 Å². The molecule has 5 heteroatoms. The Hall–Kier alpha value is -1.14. The Labute approximate surface area is 150 Å². The van der Waals surface area contributed by atoms with E-state index < -0.39 is 11.9 Å². The molecule has 1 saturated heterocycles. The zero-order chi connectivity index (χ0) is 18.1. The van der Waals surface area contributed by atoms with Crippen molar-refractivity contribution in [2.75, 3.05) is 13.2 Å². The summed E-state index contributed by atoms with van der Waals surface area (Å²) in [7, 11) is 0. The Morgan fingerprint density at radius 2 is 1.64 bits per heavy atom. The fourth-order valence-electron chi connectivity index (χ4n) is 3.67. The molecule has 140 valence electrons. The van der Waals surface area contributed by atoms with E-state index in [0.717, 1.165) is 44.5 Å². The molecule has 3 N–H and O–H groups in total. The minimum Gasteiger partial charge on any atom is -0.508 e. The van der Waals surface area contributed by atoms with E-state index in [-0.39, 0.29) is 17.2 Å². The van der Waals surface area contributed by atoms with Crippen LogP contribution in [0.1, 0.15) is 58.1 Å². The van der Waals surface area contributed by atoms with Crippen LogP contribution in [0.15, 0.2) is 24.3 Å². The van der Waals surface area contributed by atoms with Crippen molar-refractivity contribution in [3.63, 3.8) is 0 Å². The molecule has 2 unspecified atom stereocenters. The monoisotopic (exact) mass is 349 g/mol. The summed E-state index contributed by atoms with van der Waals surface area (Å²) in [5.41, 5.74) is 0.912. The summed E-state index contributed by atoms with van der Waals surface area (Å²) < 4.78 is 12.2. The summed E-state index contributed by atoms with van der Waals surface area (Å²) in [4.78, 5) is 0. The molecule has 1 aromatic carbocycles. The zero-order valence-electron chi connectivity index (χ0n) is 15.5. The van der Waals surface area contributed by atoms with Crippen LogP contribution in [-0.2, 0) is 9.47 Å². The summed E-state index contributed by atoms with van der Waals surface area (Å²) in [6.45, 7) is 7.83. The van der Waals surface area contributed by atoms with Gasteiger partial charge in [-0.1, -0.05) is 26.0 Å². The van der Waals surface area contributed by atoms with Gasteiger partial charge in [-0.15, -0.1) is 0 Å². The van der Waals surface area contributed by atoms with E-state index in [0.29, 0.717) is 6.04 Å². The molecule has 2 atom stereocenters. The van der Waals surface area contributed by atoms with Crippen LogP contribution in [-0.4, -0.2) is 41.3 Å². The number of hydrogen-bond acceptors (Lipinski definition) is 5. The maximum atomic E-state index is 10.5. The van der Waals surface area contributed by atoms with Gasteiger partial charge < -0.3 is 25.0 Å². The minimum absolute atomic E-state index is 0.0595. The molecular formula is C20H31NO4. The molecule has 25 heavy (non-hydrogen) atoms. The highest BCUT2D eigenvalue weighted by Gasteiger charge is 2.43. The number of phenolic OH excluding ortho intramolecular Hbond substituents is 1. The number of phenols is 1. The van der Waals surface area contributed by atoms with Gasteiger partial charge in [0.2, 0.25) is 0 Å². The highest BCUT2D eigenvalue weighted by atomic mass is 16.7. The highest BCUT2D eigenvalue weighted by Crippen LogP contribution is 2.39. The number of ether oxygens (including phenoxy) is 2. The van der Waals surface area contributed by atoms with Gasteiger partial charge in [0.05, 0.1) is 19.3 Å². The lowest BCUT2D eigenvalue weighted by atomic mass is 9.86. The molecule has 1 heterocycles. The van der Waals surface area contributed by atoms with Crippen LogP contribution < -0.4 is 5.32 Å². The summed E-state index contributed by atoms with van der Waals surface area (Å²) in [5, 5.41) is 23.4. The molecule has 0 radical (unpaired) electrons. The van der Waals surface area contributed by atoms with Gasteiger partial charge in [0.25, 0.3) is 0 Å². The van der Waals surface area contributed by atoms with Crippen LogP contribution >= 0.6 is 0 Å². The molecule has 1 spiro atoms. The standard InChI is InChI=1S/C20H31NO4/c1-14(18(23)15-4-6-17(22)7-5-15)21-16-8-10-20(11-9-16)24-12-19(2,3)13-25-20/h4-7,14,16,18,21-23H,8-13H2,1-3H3. The number of nitrogens with one attached hydrogen (secondary N) is 1. The summed E-state index contributed by atoms with van der Waals surface area (Å²) in [6.07, 6.45) is 3.14. The van der Waals surface area contributed by atoms with Crippen LogP contribution in [0.5, 0.6) is 5.75 Å². The lowest BCUT2D eigenvalue weighted by Crippen LogP contribution is -2.52. The predicted octanol–water partition coefficient (Wildman–Crippen LogP) is 3.12. The van der Waals surface area contributed by atoms with Crippen LogP contribution in [0.4, 0.5) is 0 Å². The first kappa shape index (κ1) is 18.6. The molecule has 1 aromatic rings. The third-order valence-corrected chi connectivity index (χ3v) is 5.41. The molecule has 0 bridgehead atoms. The van der Waals surface area contributed by atoms with E-state index in [1.165, 1.54) is 0 Å². The van der Waals surface area contributed by atoms with Crippen molar-refractivity contribution in [3.05, 3.63) is 29.8 Å². The topological polar surface area (TPSA) is 71.0 Å². The number of benzene rings is 1. The Kier molecular flexibility index (Phi) is 5.40. The van der Waals surface area contributed by atoms with Gasteiger partial charge >= 0.3 is 0 Å².